The summed E-state index contributed by atoms with van der Waals surface area (Å²) in [5.74, 6) is 0.0152. The lowest BCUT2D eigenvalue weighted by Gasteiger charge is -1.98. The first-order valence-corrected chi connectivity index (χ1v) is 5.10. The molecule has 0 radical (unpaired) electrons. The highest BCUT2D eigenvalue weighted by atomic mass is 16.1. The predicted octanol–water partition coefficient (Wildman–Crippen LogP) is 1.58. The number of ketones is 1. The van der Waals surface area contributed by atoms with Gasteiger partial charge in [-0.3, -0.25) is 9.59 Å². The van der Waals surface area contributed by atoms with Gasteiger partial charge < -0.3 is 5.32 Å². The maximum atomic E-state index is 11.0. The van der Waals surface area contributed by atoms with Crippen LogP contribution in [0.3, 0.4) is 0 Å². The second-order valence-corrected chi connectivity index (χ2v) is 3.57. The second kappa shape index (κ2) is 5.85. The van der Waals surface area contributed by atoms with Crippen LogP contribution in [0.2, 0.25) is 0 Å². The summed E-state index contributed by atoms with van der Waals surface area (Å²) >= 11 is 0. The average Bonchev–Trinajstić information content (AvgIpc) is 2.27. The Labute approximate surface area is 95.2 Å². The molecule has 0 bridgehead atoms. The van der Waals surface area contributed by atoms with Gasteiger partial charge in [0.25, 0.3) is 0 Å². The fourth-order valence-corrected chi connectivity index (χ4v) is 1.29. The van der Waals surface area contributed by atoms with Gasteiger partial charge in [0.2, 0.25) is 5.91 Å². The van der Waals surface area contributed by atoms with Crippen LogP contribution in [0.1, 0.15) is 18.1 Å². The lowest BCUT2D eigenvalue weighted by Crippen LogP contribution is -2.13. The fourth-order valence-electron chi connectivity index (χ4n) is 1.29. The third-order valence-corrected chi connectivity index (χ3v) is 2.11. The minimum atomic E-state index is -0.132. The largest absolute Gasteiger partial charge is 0.356 e. The zero-order valence-electron chi connectivity index (χ0n) is 9.49. The van der Waals surface area contributed by atoms with E-state index in [0.717, 1.165) is 11.1 Å². The van der Waals surface area contributed by atoms with E-state index < -0.39 is 0 Å². The van der Waals surface area contributed by atoms with E-state index in [-0.39, 0.29) is 11.7 Å². The Morgan fingerprint density at radius 3 is 2.38 bits per heavy atom. The molecule has 0 aliphatic heterocycles. The summed E-state index contributed by atoms with van der Waals surface area (Å²) in [5.41, 5.74) is 1.93. The maximum Gasteiger partial charge on any atom is 0.243 e. The Bertz CT molecular complexity index is 404. The van der Waals surface area contributed by atoms with Crippen molar-refractivity contribution < 1.29 is 9.59 Å². The molecule has 84 valence electrons. The molecule has 0 aromatic heterocycles. The molecule has 1 N–H and O–H groups in total. The quantitative estimate of drug-likeness (QED) is 0.778. The number of nitrogens with one attached hydrogen (secondary N) is 1. The molecule has 0 saturated carbocycles. The molecular weight excluding hydrogens is 202 g/mol. The standard InChI is InChI=1S/C13H15NO2/c1-10(15)9-12-5-3-11(4-6-12)7-8-13(16)14-2/h3-8H,9H2,1-2H3,(H,14,16)/b8-7+. The number of Topliss-reactive ketones (excluding diaryl/α,β-unsaturated/α-hetero) is 1. The van der Waals surface area contributed by atoms with Gasteiger partial charge >= 0.3 is 0 Å². The summed E-state index contributed by atoms with van der Waals surface area (Å²) in [6.45, 7) is 1.57. The minimum Gasteiger partial charge on any atom is -0.356 e. The molecule has 0 atom stereocenters. The molecule has 0 saturated heterocycles. The van der Waals surface area contributed by atoms with Crippen LogP contribution < -0.4 is 5.32 Å². The molecule has 0 aliphatic carbocycles. The van der Waals surface area contributed by atoms with E-state index in [1.165, 1.54) is 6.08 Å². The average molecular weight is 217 g/mol. The van der Waals surface area contributed by atoms with Crippen molar-refractivity contribution in [3.05, 3.63) is 41.5 Å². The van der Waals surface area contributed by atoms with Gasteiger partial charge in [-0.2, -0.15) is 0 Å². The van der Waals surface area contributed by atoms with Crippen LogP contribution in [0, 0.1) is 0 Å². The van der Waals surface area contributed by atoms with Crippen LogP contribution in [-0.2, 0) is 16.0 Å². The molecule has 1 rings (SSSR count). The van der Waals surface area contributed by atoms with Crippen molar-refractivity contribution in [2.24, 2.45) is 0 Å². The molecule has 0 fully saturated rings. The van der Waals surface area contributed by atoms with Gasteiger partial charge in [-0.15, -0.1) is 0 Å². The lowest BCUT2D eigenvalue weighted by molar-refractivity contribution is -0.117. The topological polar surface area (TPSA) is 46.2 Å². The van der Waals surface area contributed by atoms with Gasteiger partial charge in [0.1, 0.15) is 5.78 Å². The smallest absolute Gasteiger partial charge is 0.243 e. The van der Waals surface area contributed by atoms with Crippen molar-refractivity contribution in [1.29, 1.82) is 0 Å². The van der Waals surface area contributed by atoms with Crippen LogP contribution in [0.4, 0.5) is 0 Å². The number of hydrogen-bond donors (Lipinski definition) is 1. The molecule has 0 heterocycles. The number of rotatable bonds is 4. The summed E-state index contributed by atoms with van der Waals surface area (Å²) in [6.07, 6.45) is 3.66. The number of hydrogen-bond acceptors (Lipinski definition) is 2. The Morgan fingerprint density at radius 1 is 1.25 bits per heavy atom. The van der Waals surface area contributed by atoms with E-state index in [4.69, 9.17) is 0 Å². The summed E-state index contributed by atoms with van der Waals surface area (Å²) in [4.78, 5) is 21.8. The van der Waals surface area contributed by atoms with Crippen molar-refractivity contribution in [3.63, 3.8) is 0 Å². The molecule has 1 aromatic rings. The molecule has 3 nitrogen and oxygen atoms in total. The van der Waals surface area contributed by atoms with E-state index in [2.05, 4.69) is 5.32 Å². The SMILES string of the molecule is CNC(=O)/C=C/c1ccc(CC(C)=O)cc1. The number of likely N-dealkylation sites (N-methyl/N-ethyl adjacent to an activating group) is 1. The van der Waals surface area contributed by atoms with Gasteiger partial charge in [-0.1, -0.05) is 24.3 Å². The number of benzene rings is 1. The molecule has 0 aliphatic rings. The minimum absolute atomic E-state index is 0.132. The molecular formula is C13H15NO2. The lowest BCUT2D eigenvalue weighted by atomic mass is 10.1. The second-order valence-electron chi connectivity index (χ2n) is 3.57. The molecule has 1 aromatic carbocycles. The van der Waals surface area contributed by atoms with Gasteiger partial charge in [0.05, 0.1) is 0 Å². The summed E-state index contributed by atoms with van der Waals surface area (Å²) < 4.78 is 0. The highest BCUT2D eigenvalue weighted by Gasteiger charge is 1.97. The first-order chi connectivity index (χ1) is 7.61. The number of amides is 1. The van der Waals surface area contributed by atoms with E-state index in [0.29, 0.717) is 6.42 Å². The third-order valence-electron chi connectivity index (χ3n) is 2.11. The number of carbonyl (C=O) groups excluding carboxylic acids is 2. The molecule has 3 heteroatoms. The predicted molar refractivity (Wildman–Crippen MR) is 63.9 cm³/mol. The van der Waals surface area contributed by atoms with Gasteiger partial charge in [-0.05, 0) is 24.1 Å². The van der Waals surface area contributed by atoms with Crippen LogP contribution in [0.5, 0.6) is 0 Å². The monoisotopic (exact) mass is 217 g/mol. The first-order valence-electron chi connectivity index (χ1n) is 5.10. The van der Waals surface area contributed by atoms with E-state index in [9.17, 15) is 9.59 Å². The Morgan fingerprint density at radius 2 is 1.88 bits per heavy atom. The summed E-state index contributed by atoms with van der Waals surface area (Å²) in [5, 5.41) is 2.50. The summed E-state index contributed by atoms with van der Waals surface area (Å²) in [6, 6.07) is 7.56. The Hall–Kier alpha value is -1.90. The van der Waals surface area contributed by atoms with Crippen LogP contribution >= 0.6 is 0 Å². The van der Waals surface area contributed by atoms with Crippen molar-refractivity contribution in [2.75, 3.05) is 7.05 Å². The zero-order chi connectivity index (χ0) is 12.0. The Balaban J connectivity index is 2.68. The number of carbonyl (C=O) groups is 2. The van der Waals surface area contributed by atoms with Gasteiger partial charge in [0.15, 0.2) is 0 Å². The van der Waals surface area contributed by atoms with E-state index in [1.807, 2.05) is 24.3 Å². The fraction of sp³-hybridized carbons (Fsp3) is 0.231. The Kier molecular flexibility index (Phi) is 4.45. The molecule has 0 unspecified atom stereocenters. The third kappa shape index (κ3) is 4.09. The van der Waals surface area contributed by atoms with Crippen molar-refractivity contribution in [3.8, 4) is 0 Å². The highest BCUT2D eigenvalue weighted by molar-refractivity contribution is 5.91. The van der Waals surface area contributed by atoms with Crippen LogP contribution in [-0.4, -0.2) is 18.7 Å². The maximum absolute atomic E-state index is 11.0. The van der Waals surface area contributed by atoms with Crippen LogP contribution in [0.25, 0.3) is 6.08 Å². The van der Waals surface area contributed by atoms with Crippen molar-refractivity contribution >= 4 is 17.8 Å². The molecule has 16 heavy (non-hydrogen) atoms. The highest BCUT2D eigenvalue weighted by Crippen LogP contribution is 2.07. The van der Waals surface area contributed by atoms with Crippen LogP contribution in [0.15, 0.2) is 30.3 Å². The molecule has 0 spiro atoms. The first kappa shape index (κ1) is 12.2. The van der Waals surface area contributed by atoms with Crippen molar-refractivity contribution in [2.45, 2.75) is 13.3 Å². The van der Waals surface area contributed by atoms with E-state index in [1.54, 1.807) is 20.0 Å². The normalized spacial score (nSPS) is 10.4. The molecule has 1 amide bonds. The zero-order valence-corrected chi connectivity index (χ0v) is 9.49. The van der Waals surface area contributed by atoms with Gasteiger partial charge in [-0.25, -0.2) is 0 Å². The van der Waals surface area contributed by atoms with E-state index >= 15 is 0 Å². The van der Waals surface area contributed by atoms with Gasteiger partial charge in [0, 0.05) is 19.5 Å². The van der Waals surface area contributed by atoms with Crippen molar-refractivity contribution in [1.82, 2.24) is 5.32 Å². The summed E-state index contributed by atoms with van der Waals surface area (Å²) in [7, 11) is 1.59.